The van der Waals surface area contributed by atoms with Gasteiger partial charge in [0.1, 0.15) is 5.82 Å². The number of carbonyl (C=O) groups excluding carboxylic acids is 1. The minimum absolute atomic E-state index is 0.296. The maximum Gasteiger partial charge on any atom is 0.340 e. The number of fused-ring (bicyclic) bond motifs is 1. The van der Waals surface area contributed by atoms with Crippen molar-refractivity contribution < 1.29 is 14.3 Å². The van der Waals surface area contributed by atoms with Gasteiger partial charge in [-0.25, -0.2) is 9.78 Å². The standard InChI is InChI=1S/C14H16N2O3/c1-18-14(17)11-5-2-6-16-12(11)8-15-13(16)10-4-3-7-19-9-10/h2,5-6,8,10H,3-4,7,9H2,1H3. The molecular weight excluding hydrogens is 244 g/mol. The van der Waals surface area contributed by atoms with Crippen molar-refractivity contribution in [1.29, 1.82) is 0 Å². The molecule has 0 saturated carbocycles. The molecule has 0 aromatic carbocycles. The molecule has 1 unspecified atom stereocenters. The zero-order valence-corrected chi connectivity index (χ0v) is 10.8. The number of hydrogen-bond donors (Lipinski definition) is 0. The Morgan fingerprint density at radius 2 is 2.47 bits per heavy atom. The Bertz CT molecular complexity index is 600. The SMILES string of the molecule is COC(=O)c1cccn2c(C3CCCOC3)ncc12. The normalized spacial score (nSPS) is 19.5. The van der Waals surface area contributed by atoms with E-state index in [2.05, 4.69) is 4.98 Å². The predicted octanol–water partition coefficient (Wildman–Crippen LogP) is 2.01. The second-order valence-electron chi connectivity index (χ2n) is 4.70. The van der Waals surface area contributed by atoms with Crippen LogP contribution in [0.25, 0.3) is 5.52 Å². The summed E-state index contributed by atoms with van der Waals surface area (Å²) in [6.45, 7) is 1.52. The summed E-state index contributed by atoms with van der Waals surface area (Å²) in [5.41, 5.74) is 1.33. The summed E-state index contributed by atoms with van der Waals surface area (Å²) in [5.74, 6) is 0.918. The van der Waals surface area contributed by atoms with Crippen LogP contribution in [0.3, 0.4) is 0 Å². The lowest BCUT2D eigenvalue weighted by Gasteiger charge is -2.21. The van der Waals surface area contributed by atoms with Crippen LogP contribution in [0.1, 0.15) is 34.9 Å². The number of hydrogen-bond acceptors (Lipinski definition) is 4. The smallest absolute Gasteiger partial charge is 0.340 e. The summed E-state index contributed by atoms with van der Waals surface area (Å²) in [5, 5.41) is 0. The van der Waals surface area contributed by atoms with E-state index in [1.807, 2.05) is 16.7 Å². The molecule has 5 nitrogen and oxygen atoms in total. The van der Waals surface area contributed by atoms with Crippen molar-refractivity contribution in [3.05, 3.63) is 35.9 Å². The Balaban J connectivity index is 2.05. The molecule has 3 rings (SSSR count). The van der Waals surface area contributed by atoms with Gasteiger partial charge in [-0.1, -0.05) is 0 Å². The average Bonchev–Trinajstić information content (AvgIpc) is 2.91. The van der Waals surface area contributed by atoms with E-state index in [1.54, 1.807) is 12.3 Å². The van der Waals surface area contributed by atoms with Gasteiger partial charge < -0.3 is 13.9 Å². The molecule has 1 aliphatic heterocycles. The predicted molar refractivity (Wildman–Crippen MR) is 69.3 cm³/mol. The van der Waals surface area contributed by atoms with Crippen molar-refractivity contribution >= 4 is 11.5 Å². The molecule has 1 fully saturated rings. The van der Waals surface area contributed by atoms with Gasteiger partial charge >= 0.3 is 5.97 Å². The Morgan fingerprint density at radius 1 is 1.58 bits per heavy atom. The lowest BCUT2D eigenvalue weighted by atomic mass is 10.0. The van der Waals surface area contributed by atoms with Crippen LogP contribution < -0.4 is 0 Å². The highest BCUT2D eigenvalue weighted by Gasteiger charge is 2.22. The van der Waals surface area contributed by atoms with Gasteiger partial charge in [-0.3, -0.25) is 0 Å². The Labute approximate surface area is 111 Å². The third kappa shape index (κ3) is 2.10. The number of aromatic nitrogens is 2. The first-order chi connectivity index (χ1) is 9.31. The Kier molecular flexibility index (Phi) is 3.21. The van der Waals surface area contributed by atoms with Crippen molar-refractivity contribution in [3.8, 4) is 0 Å². The van der Waals surface area contributed by atoms with Crippen LogP contribution in [0.15, 0.2) is 24.5 Å². The fourth-order valence-corrected chi connectivity index (χ4v) is 2.57. The number of esters is 1. The maximum absolute atomic E-state index is 11.7. The largest absolute Gasteiger partial charge is 0.465 e. The van der Waals surface area contributed by atoms with Crippen molar-refractivity contribution in [1.82, 2.24) is 9.38 Å². The minimum Gasteiger partial charge on any atom is -0.465 e. The summed E-state index contributed by atoms with van der Waals surface area (Å²) in [6, 6.07) is 3.60. The molecule has 5 heteroatoms. The molecule has 0 N–H and O–H groups in total. The Morgan fingerprint density at radius 3 is 3.21 bits per heavy atom. The number of methoxy groups -OCH3 is 1. The van der Waals surface area contributed by atoms with E-state index >= 15 is 0 Å². The number of imidazole rings is 1. The number of ether oxygens (including phenoxy) is 2. The second-order valence-corrected chi connectivity index (χ2v) is 4.70. The van der Waals surface area contributed by atoms with Gasteiger partial charge in [-0.05, 0) is 25.0 Å². The number of pyridine rings is 1. The fourth-order valence-electron chi connectivity index (χ4n) is 2.57. The van der Waals surface area contributed by atoms with Gasteiger partial charge in [0, 0.05) is 18.7 Å². The van der Waals surface area contributed by atoms with Crippen LogP contribution in [0, 0.1) is 0 Å². The molecule has 0 radical (unpaired) electrons. The van der Waals surface area contributed by atoms with Gasteiger partial charge in [-0.15, -0.1) is 0 Å². The fraction of sp³-hybridized carbons (Fsp3) is 0.429. The highest BCUT2D eigenvalue weighted by molar-refractivity contribution is 5.96. The van der Waals surface area contributed by atoms with Crippen molar-refractivity contribution in [2.45, 2.75) is 18.8 Å². The van der Waals surface area contributed by atoms with Crippen molar-refractivity contribution in [2.75, 3.05) is 20.3 Å². The molecule has 0 aliphatic carbocycles. The van der Waals surface area contributed by atoms with Crippen LogP contribution in [-0.2, 0) is 9.47 Å². The van der Waals surface area contributed by atoms with Gasteiger partial charge in [0.05, 0.1) is 31.0 Å². The molecule has 1 atom stereocenters. The molecule has 0 bridgehead atoms. The van der Waals surface area contributed by atoms with Gasteiger partial charge in [0.15, 0.2) is 0 Å². The molecule has 1 saturated heterocycles. The van der Waals surface area contributed by atoms with Gasteiger partial charge in [0.2, 0.25) is 0 Å². The van der Waals surface area contributed by atoms with Crippen molar-refractivity contribution in [3.63, 3.8) is 0 Å². The molecular formula is C14H16N2O3. The third-order valence-electron chi connectivity index (χ3n) is 3.53. The average molecular weight is 260 g/mol. The van der Waals surface area contributed by atoms with E-state index in [0.717, 1.165) is 30.8 Å². The van der Waals surface area contributed by atoms with E-state index in [4.69, 9.17) is 9.47 Å². The zero-order valence-electron chi connectivity index (χ0n) is 10.8. The number of rotatable bonds is 2. The number of nitrogens with zero attached hydrogens (tertiary/aromatic N) is 2. The molecule has 2 aromatic rings. The van der Waals surface area contributed by atoms with E-state index < -0.39 is 0 Å². The lowest BCUT2D eigenvalue weighted by molar-refractivity contribution is 0.0602. The van der Waals surface area contributed by atoms with Gasteiger partial charge in [-0.2, -0.15) is 0 Å². The first-order valence-corrected chi connectivity index (χ1v) is 6.43. The molecule has 2 aromatic heterocycles. The first kappa shape index (κ1) is 12.2. The monoisotopic (exact) mass is 260 g/mol. The summed E-state index contributed by atoms with van der Waals surface area (Å²) >= 11 is 0. The van der Waals surface area contributed by atoms with Gasteiger partial charge in [0.25, 0.3) is 0 Å². The molecule has 19 heavy (non-hydrogen) atoms. The third-order valence-corrected chi connectivity index (χ3v) is 3.53. The van der Waals surface area contributed by atoms with Crippen LogP contribution in [0.4, 0.5) is 0 Å². The number of carbonyl (C=O) groups is 1. The van der Waals surface area contributed by atoms with Crippen LogP contribution in [0.2, 0.25) is 0 Å². The highest BCUT2D eigenvalue weighted by atomic mass is 16.5. The quantitative estimate of drug-likeness (QED) is 0.775. The molecule has 1 aliphatic rings. The summed E-state index contributed by atoms with van der Waals surface area (Å²) in [4.78, 5) is 16.2. The Hall–Kier alpha value is -1.88. The summed E-state index contributed by atoms with van der Waals surface area (Å²) in [6.07, 6.45) is 5.78. The minimum atomic E-state index is -0.336. The lowest BCUT2D eigenvalue weighted by Crippen LogP contribution is -2.18. The molecule has 100 valence electrons. The van der Waals surface area contributed by atoms with E-state index in [0.29, 0.717) is 18.1 Å². The van der Waals surface area contributed by atoms with Crippen LogP contribution in [0.5, 0.6) is 0 Å². The van der Waals surface area contributed by atoms with Crippen LogP contribution >= 0.6 is 0 Å². The summed E-state index contributed by atoms with van der Waals surface area (Å²) in [7, 11) is 1.39. The molecule has 0 amide bonds. The highest BCUT2D eigenvalue weighted by Crippen LogP contribution is 2.26. The van der Waals surface area contributed by atoms with Crippen molar-refractivity contribution in [2.24, 2.45) is 0 Å². The first-order valence-electron chi connectivity index (χ1n) is 6.43. The van der Waals surface area contributed by atoms with E-state index in [1.165, 1.54) is 7.11 Å². The van der Waals surface area contributed by atoms with Crippen LogP contribution in [-0.4, -0.2) is 35.7 Å². The van der Waals surface area contributed by atoms with E-state index in [9.17, 15) is 4.79 Å². The maximum atomic E-state index is 11.7. The topological polar surface area (TPSA) is 52.8 Å². The summed E-state index contributed by atoms with van der Waals surface area (Å²) < 4.78 is 12.3. The molecule has 0 spiro atoms. The molecule has 3 heterocycles. The zero-order chi connectivity index (χ0) is 13.2. The van der Waals surface area contributed by atoms with E-state index in [-0.39, 0.29) is 5.97 Å². The second kappa shape index (κ2) is 5.01.